The summed E-state index contributed by atoms with van der Waals surface area (Å²) >= 11 is 0. The first-order valence-electron chi connectivity index (χ1n) is 17.8. The van der Waals surface area contributed by atoms with E-state index in [1.54, 1.807) is 0 Å². The first kappa shape index (κ1) is 30.0. The summed E-state index contributed by atoms with van der Waals surface area (Å²) in [4.78, 5) is 2.44. The van der Waals surface area contributed by atoms with Crippen LogP contribution in [0.15, 0.2) is 205 Å². The molecule has 0 aliphatic rings. The van der Waals surface area contributed by atoms with Crippen LogP contribution in [0.2, 0.25) is 0 Å². The lowest BCUT2D eigenvalue weighted by Crippen LogP contribution is -2.12. The minimum Gasteiger partial charge on any atom is -0.456 e. The van der Waals surface area contributed by atoms with Gasteiger partial charge in [-0.05, 0) is 86.4 Å². The molecule has 10 aromatic rings. The SMILES string of the molecule is c1ccc(-c2ccc(N(c3ccccc3-c3cccc4oc5cc6ccccc6cc5c34)c3cccc4ccccc34)cc2-c2ccccc2)cc1. The van der Waals surface area contributed by atoms with Gasteiger partial charge in [-0.3, -0.25) is 0 Å². The van der Waals surface area contributed by atoms with Gasteiger partial charge < -0.3 is 9.32 Å². The van der Waals surface area contributed by atoms with E-state index in [0.29, 0.717) is 0 Å². The van der Waals surface area contributed by atoms with Crippen molar-refractivity contribution in [3.63, 3.8) is 0 Å². The number of hydrogen-bond donors (Lipinski definition) is 0. The molecule has 0 N–H and O–H groups in total. The van der Waals surface area contributed by atoms with Gasteiger partial charge >= 0.3 is 0 Å². The molecule has 0 radical (unpaired) electrons. The third kappa shape index (κ3) is 5.04. The van der Waals surface area contributed by atoms with Crippen molar-refractivity contribution in [3.05, 3.63) is 200 Å². The predicted molar refractivity (Wildman–Crippen MR) is 220 cm³/mol. The fourth-order valence-electron chi connectivity index (χ4n) is 7.84. The molecule has 52 heavy (non-hydrogen) atoms. The van der Waals surface area contributed by atoms with Crippen molar-refractivity contribution in [2.45, 2.75) is 0 Å². The second-order valence-corrected chi connectivity index (χ2v) is 13.3. The molecule has 0 spiro atoms. The number of benzene rings is 9. The van der Waals surface area contributed by atoms with E-state index < -0.39 is 0 Å². The number of furan rings is 1. The van der Waals surface area contributed by atoms with Gasteiger partial charge in [-0.2, -0.15) is 0 Å². The molecule has 244 valence electrons. The normalized spacial score (nSPS) is 11.5. The molecule has 0 atom stereocenters. The van der Waals surface area contributed by atoms with Gasteiger partial charge in [0.2, 0.25) is 0 Å². The highest BCUT2D eigenvalue weighted by molar-refractivity contribution is 6.17. The van der Waals surface area contributed by atoms with Crippen LogP contribution in [0.4, 0.5) is 17.1 Å². The summed E-state index contributed by atoms with van der Waals surface area (Å²) in [6.45, 7) is 0. The summed E-state index contributed by atoms with van der Waals surface area (Å²) in [6.07, 6.45) is 0. The van der Waals surface area contributed by atoms with Crippen molar-refractivity contribution in [2.75, 3.05) is 4.90 Å². The quantitative estimate of drug-likeness (QED) is 0.176. The standard InChI is InChI=1S/C50H33NO/c1-3-15-34(16-4-1)40-30-29-39(33-44(40)36-17-5-2-6-18-36)51(46-27-13-22-35-19-9-10-23-41(35)46)47-26-12-11-24-42(47)43-25-14-28-48-50(43)45-31-37-20-7-8-21-38(37)32-49(45)52-48/h1-33H. The summed E-state index contributed by atoms with van der Waals surface area (Å²) in [5.74, 6) is 0. The molecule has 0 aliphatic carbocycles. The molecule has 2 nitrogen and oxygen atoms in total. The molecular formula is C50H33NO. The van der Waals surface area contributed by atoms with Gasteiger partial charge in [0.1, 0.15) is 11.2 Å². The molecular weight excluding hydrogens is 631 g/mol. The molecule has 1 aromatic heterocycles. The van der Waals surface area contributed by atoms with Gasteiger partial charge in [0.15, 0.2) is 0 Å². The lowest BCUT2D eigenvalue weighted by molar-refractivity contribution is 0.669. The maximum Gasteiger partial charge on any atom is 0.136 e. The molecule has 0 fully saturated rings. The van der Waals surface area contributed by atoms with Crippen molar-refractivity contribution in [2.24, 2.45) is 0 Å². The van der Waals surface area contributed by atoms with Crippen LogP contribution in [0.1, 0.15) is 0 Å². The average Bonchev–Trinajstić information content (AvgIpc) is 3.58. The zero-order valence-corrected chi connectivity index (χ0v) is 28.4. The van der Waals surface area contributed by atoms with Gasteiger partial charge in [0, 0.05) is 27.4 Å². The minimum absolute atomic E-state index is 0.882. The number of para-hydroxylation sites is 1. The Kier molecular flexibility index (Phi) is 7.18. The highest BCUT2D eigenvalue weighted by Gasteiger charge is 2.23. The Balaban J connectivity index is 1.26. The van der Waals surface area contributed by atoms with Crippen LogP contribution >= 0.6 is 0 Å². The maximum absolute atomic E-state index is 6.56. The van der Waals surface area contributed by atoms with Crippen LogP contribution in [-0.4, -0.2) is 0 Å². The predicted octanol–water partition coefficient (Wildman–Crippen LogP) is 14.4. The van der Waals surface area contributed by atoms with Crippen molar-refractivity contribution in [1.29, 1.82) is 0 Å². The summed E-state index contributed by atoms with van der Waals surface area (Å²) in [7, 11) is 0. The molecule has 0 unspecified atom stereocenters. The monoisotopic (exact) mass is 663 g/mol. The van der Waals surface area contributed by atoms with Gasteiger partial charge in [0.05, 0.1) is 11.4 Å². The lowest BCUT2D eigenvalue weighted by atomic mass is 9.93. The largest absolute Gasteiger partial charge is 0.456 e. The molecule has 1 heterocycles. The Hall–Kier alpha value is -6.90. The second-order valence-electron chi connectivity index (χ2n) is 13.3. The summed E-state index contributed by atoms with van der Waals surface area (Å²) in [5, 5.41) is 7.00. The molecule has 9 aromatic carbocycles. The Labute approximate surface area is 302 Å². The fourth-order valence-corrected chi connectivity index (χ4v) is 7.84. The van der Waals surface area contributed by atoms with E-state index >= 15 is 0 Å². The first-order valence-corrected chi connectivity index (χ1v) is 17.8. The maximum atomic E-state index is 6.56. The average molecular weight is 664 g/mol. The highest BCUT2D eigenvalue weighted by atomic mass is 16.3. The van der Waals surface area contributed by atoms with Crippen LogP contribution in [0.5, 0.6) is 0 Å². The summed E-state index contributed by atoms with van der Waals surface area (Å²) < 4.78 is 6.56. The van der Waals surface area contributed by atoms with E-state index in [-0.39, 0.29) is 0 Å². The third-order valence-electron chi connectivity index (χ3n) is 10.2. The van der Waals surface area contributed by atoms with E-state index in [1.165, 1.54) is 43.8 Å². The Bertz CT molecular complexity index is 2900. The summed E-state index contributed by atoms with van der Waals surface area (Å²) in [5.41, 5.74) is 12.1. The van der Waals surface area contributed by atoms with Gasteiger partial charge in [-0.15, -0.1) is 0 Å². The van der Waals surface area contributed by atoms with Crippen LogP contribution in [-0.2, 0) is 0 Å². The van der Waals surface area contributed by atoms with Crippen molar-refractivity contribution in [1.82, 2.24) is 0 Å². The smallest absolute Gasteiger partial charge is 0.136 e. The molecule has 2 heteroatoms. The minimum atomic E-state index is 0.882. The van der Waals surface area contributed by atoms with E-state index in [9.17, 15) is 0 Å². The van der Waals surface area contributed by atoms with Crippen molar-refractivity contribution < 1.29 is 4.42 Å². The topological polar surface area (TPSA) is 16.4 Å². The third-order valence-corrected chi connectivity index (χ3v) is 10.2. The first-order chi connectivity index (χ1) is 25.8. The molecule has 0 amide bonds. The van der Waals surface area contributed by atoms with Crippen molar-refractivity contribution >= 4 is 60.5 Å². The number of fused-ring (bicyclic) bond motifs is 5. The Morgan fingerprint density at radius 1 is 0.327 bits per heavy atom. The van der Waals surface area contributed by atoms with Crippen molar-refractivity contribution in [3.8, 4) is 33.4 Å². The number of nitrogens with zero attached hydrogens (tertiary/aromatic N) is 1. The summed E-state index contributed by atoms with van der Waals surface area (Å²) in [6, 6.07) is 71.8. The van der Waals surface area contributed by atoms with Gasteiger partial charge in [-0.25, -0.2) is 0 Å². The molecule has 0 aliphatic heterocycles. The number of anilines is 3. The molecule has 0 saturated carbocycles. The van der Waals surface area contributed by atoms with Crippen LogP contribution in [0.25, 0.3) is 76.9 Å². The zero-order valence-electron chi connectivity index (χ0n) is 28.4. The number of hydrogen-bond acceptors (Lipinski definition) is 2. The van der Waals surface area contributed by atoms with E-state index in [4.69, 9.17) is 4.42 Å². The Morgan fingerprint density at radius 2 is 0.923 bits per heavy atom. The van der Waals surface area contributed by atoms with E-state index in [1.807, 2.05) is 0 Å². The fraction of sp³-hybridized carbons (Fsp3) is 0. The second kappa shape index (κ2) is 12.5. The lowest BCUT2D eigenvalue weighted by Gasteiger charge is -2.30. The highest BCUT2D eigenvalue weighted by Crippen LogP contribution is 2.48. The molecule has 10 rings (SSSR count). The van der Waals surface area contributed by atoms with E-state index in [2.05, 4.69) is 205 Å². The molecule has 0 bridgehead atoms. The van der Waals surface area contributed by atoms with Crippen LogP contribution in [0, 0.1) is 0 Å². The van der Waals surface area contributed by atoms with E-state index in [0.717, 1.165) is 50.1 Å². The van der Waals surface area contributed by atoms with Crippen LogP contribution in [0.3, 0.4) is 0 Å². The van der Waals surface area contributed by atoms with Gasteiger partial charge in [-0.1, -0.05) is 158 Å². The van der Waals surface area contributed by atoms with Crippen LogP contribution < -0.4 is 4.90 Å². The number of rotatable bonds is 6. The molecule has 0 saturated heterocycles. The Morgan fingerprint density at radius 3 is 1.73 bits per heavy atom. The van der Waals surface area contributed by atoms with Gasteiger partial charge in [0.25, 0.3) is 0 Å². The zero-order chi connectivity index (χ0) is 34.4.